The zero-order valence-corrected chi connectivity index (χ0v) is 25.8. The van der Waals surface area contributed by atoms with Gasteiger partial charge in [0.1, 0.15) is 5.75 Å². The average molecular weight is 604 g/mol. The molecule has 1 N–H and O–H groups in total. The maximum atomic E-state index is 14.3. The minimum Gasteiger partial charge on any atom is -0.491 e. The van der Waals surface area contributed by atoms with E-state index in [1.165, 1.54) is 12.1 Å². The third kappa shape index (κ3) is 7.28. The smallest absolute Gasteiger partial charge is 0.430 e. The van der Waals surface area contributed by atoms with Gasteiger partial charge in [-0.05, 0) is 101 Å². The number of likely N-dealkylation sites (tertiary alicyclic amines) is 1. The van der Waals surface area contributed by atoms with Crippen molar-refractivity contribution in [3.05, 3.63) is 59.2 Å². The van der Waals surface area contributed by atoms with Crippen LogP contribution in [0.3, 0.4) is 0 Å². The third-order valence-electron chi connectivity index (χ3n) is 8.74. The van der Waals surface area contributed by atoms with Gasteiger partial charge < -0.3 is 24.5 Å². The minimum absolute atomic E-state index is 0.0102. The number of aliphatic hydroxyl groups is 1. The van der Waals surface area contributed by atoms with Gasteiger partial charge in [0.05, 0.1) is 6.10 Å². The summed E-state index contributed by atoms with van der Waals surface area (Å²) < 4.78 is 48.4. The van der Waals surface area contributed by atoms with Gasteiger partial charge in [0, 0.05) is 57.1 Å². The summed E-state index contributed by atoms with van der Waals surface area (Å²) >= 11 is 0. The van der Waals surface area contributed by atoms with E-state index < -0.39 is 23.2 Å². The minimum atomic E-state index is -5.19. The Morgan fingerprint density at radius 1 is 0.977 bits per heavy atom. The van der Waals surface area contributed by atoms with Gasteiger partial charge in [-0.1, -0.05) is 12.1 Å². The molecule has 2 aromatic carbocycles. The number of halogens is 3. The van der Waals surface area contributed by atoms with E-state index in [4.69, 9.17) is 4.74 Å². The number of aryl methyl sites for hydroxylation is 1. The summed E-state index contributed by atoms with van der Waals surface area (Å²) in [4.78, 5) is 30.7. The number of rotatable bonds is 8. The number of nitrogens with zero attached hydrogens (tertiary/aromatic N) is 3. The molecule has 2 heterocycles. The highest BCUT2D eigenvalue weighted by atomic mass is 19.4. The van der Waals surface area contributed by atoms with Gasteiger partial charge in [-0.3, -0.25) is 9.59 Å². The van der Waals surface area contributed by atoms with Crippen LogP contribution in [0.2, 0.25) is 0 Å². The molecule has 2 amide bonds. The zero-order chi connectivity index (χ0) is 31.5. The predicted molar refractivity (Wildman–Crippen MR) is 160 cm³/mol. The Morgan fingerprint density at radius 2 is 1.58 bits per heavy atom. The molecule has 1 atom stereocenters. The molecule has 0 unspecified atom stereocenters. The number of carbonyl (C=O) groups excluding carboxylic acids is 2. The lowest BCUT2D eigenvalue weighted by Crippen LogP contribution is -2.57. The van der Waals surface area contributed by atoms with Crippen LogP contribution in [0.4, 0.5) is 18.9 Å². The fourth-order valence-corrected chi connectivity index (χ4v) is 6.30. The molecular formula is C33H44F3N3O4. The van der Waals surface area contributed by atoms with Crippen LogP contribution in [0.15, 0.2) is 42.5 Å². The van der Waals surface area contributed by atoms with Gasteiger partial charge in [-0.15, -0.1) is 0 Å². The van der Waals surface area contributed by atoms with E-state index in [1.54, 1.807) is 32.8 Å². The summed E-state index contributed by atoms with van der Waals surface area (Å²) in [5.41, 5.74) is -1.41. The lowest BCUT2D eigenvalue weighted by atomic mass is 9.82. The Hall–Kier alpha value is -3.27. The number of piperidine rings is 2. The molecule has 0 spiro atoms. The third-order valence-corrected chi connectivity index (χ3v) is 8.74. The van der Waals surface area contributed by atoms with E-state index in [2.05, 4.69) is 11.0 Å². The van der Waals surface area contributed by atoms with Crippen LogP contribution < -0.4 is 9.64 Å². The van der Waals surface area contributed by atoms with E-state index in [0.29, 0.717) is 30.2 Å². The molecule has 10 heteroatoms. The number of benzene rings is 2. The summed E-state index contributed by atoms with van der Waals surface area (Å²) in [6, 6.07) is 11.1. The standard InChI is InChI=1S/C33H44F3N3O4/c1-22(2)43-28-8-6-7-26(21-28)32(42,33(34,35)36)31(41)39-17-13-25(14-18-39)20-24-11-15-38(16-12-24)27-9-10-29(23(3)19-27)30(40)37(4)5/h6-10,19,21-22,24-25,42H,11-18,20H2,1-5H3/t32-/m1/s1. The monoisotopic (exact) mass is 603 g/mol. The molecule has 43 heavy (non-hydrogen) atoms. The number of anilines is 1. The molecular weight excluding hydrogens is 559 g/mol. The fraction of sp³-hybridized carbons (Fsp3) is 0.576. The van der Waals surface area contributed by atoms with Gasteiger partial charge >= 0.3 is 6.18 Å². The Bertz CT molecular complexity index is 1280. The van der Waals surface area contributed by atoms with E-state index >= 15 is 0 Å². The van der Waals surface area contributed by atoms with Crippen LogP contribution in [0, 0.1) is 18.8 Å². The van der Waals surface area contributed by atoms with Crippen LogP contribution in [0.25, 0.3) is 0 Å². The van der Waals surface area contributed by atoms with Crippen molar-refractivity contribution in [1.29, 1.82) is 0 Å². The van der Waals surface area contributed by atoms with Crippen LogP contribution in [-0.2, 0) is 10.4 Å². The van der Waals surface area contributed by atoms with Gasteiger partial charge in [0.2, 0.25) is 0 Å². The molecule has 2 aliphatic rings. The first-order valence-electron chi connectivity index (χ1n) is 15.1. The van der Waals surface area contributed by atoms with Gasteiger partial charge in [0.15, 0.2) is 0 Å². The van der Waals surface area contributed by atoms with Crippen LogP contribution in [0.1, 0.15) is 67.4 Å². The van der Waals surface area contributed by atoms with Crippen molar-refractivity contribution >= 4 is 17.5 Å². The largest absolute Gasteiger partial charge is 0.491 e. The maximum Gasteiger partial charge on any atom is 0.430 e. The Kier molecular flexibility index (Phi) is 9.99. The Balaban J connectivity index is 1.32. The number of hydrogen-bond acceptors (Lipinski definition) is 5. The van der Waals surface area contributed by atoms with Crippen molar-refractivity contribution in [3.63, 3.8) is 0 Å². The molecule has 2 aromatic rings. The molecule has 4 rings (SSSR count). The fourth-order valence-electron chi connectivity index (χ4n) is 6.30. The highest BCUT2D eigenvalue weighted by Crippen LogP contribution is 2.42. The van der Waals surface area contributed by atoms with Crippen molar-refractivity contribution in [2.24, 2.45) is 11.8 Å². The molecule has 0 aliphatic carbocycles. The summed E-state index contributed by atoms with van der Waals surface area (Å²) in [6.07, 6.45) is -1.24. The van der Waals surface area contributed by atoms with E-state index in [9.17, 15) is 27.9 Å². The topological polar surface area (TPSA) is 73.3 Å². The quantitative estimate of drug-likeness (QED) is 0.414. The molecule has 0 aromatic heterocycles. The molecule has 7 nitrogen and oxygen atoms in total. The Morgan fingerprint density at radius 3 is 2.12 bits per heavy atom. The Labute approximate surface area is 252 Å². The number of alkyl halides is 3. The number of carbonyl (C=O) groups is 2. The second kappa shape index (κ2) is 13.2. The molecule has 0 saturated carbocycles. The molecule has 2 aliphatic heterocycles. The molecule has 2 saturated heterocycles. The van der Waals surface area contributed by atoms with E-state index in [1.807, 2.05) is 19.1 Å². The highest BCUT2D eigenvalue weighted by molar-refractivity contribution is 5.95. The lowest BCUT2D eigenvalue weighted by Gasteiger charge is -2.40. The number of hydrogen-bond donors (Lipinski definition) is 1. The summed E-state index contributed by atoms with van der Waals surface area (Å²) in [7, 11) is 3.49. The van der Waals surface area contributed by atoms with Gasteiger partial charge in [-0.2, -0.15) is 13.2 Å². The lowest BCUT2D eigenvalue weighted by molar-refractivity contribution is -0.262. The highest BCUT2D eigenvalue weighted by Gasteiger charge is 2.62. The molecule has 236 valence electrons. The van der Waals surface area contributed by atoms with Crippen molar-refractivity contribution in [1.82, 2.24) is 9.80 Å². The first-order valence-corrected chi connectivity index (χ1v) is 15.1. The average Bonchev–Trinajstić information content (AvgIpc) is 2.96. The molecule has 2 fully saturated rings. The SMILES string of the molecule is Cc1cc(N2CCC(CC3CCN(C(=O)[C@](O)(c4cccc(OC(C)C)c4)C(F)(F)F)CC3)CC2)ccc1C(=O)N(C)C. The van der Waals surface area contributed by atoms with Crippen molar-refractivity contribution < 1.29 is 32.6 Å². The van der Waals surface area contributed by atoms with Crippen molar-refractivity contribution in [2.45, 2.75) is 70.8 Å². The van der Waals surface area contributed by atoms with Crippen LogP contribution >= 0.6 is 0 Å². The molecule has 0 radical (unpaired) electrons. The maximum absolute atomic E-state index is 14.3. The first kappa shape index (κ1) is 32.6. The van der Waals surface area contributed by atoms with Crippen LogP contribution in [-0.4, -0.2) is 79.3 Å². The number of ether oxygens (including phenoxy) is 1. The van der Waals surface area contributed by atoms with Gasteiger partial charge in [0.25, 0.3) is 17.4 Å². The second-order valence-electron chi connectivity index (χ2n) is 12.5. The van der Waals surface area contributed by atoms with Crippen LogP contribution in [0.5, 0.6) is 5.75 Å². The zero-order valence-electron chi connectivity index (χ0n) is 25.8. The first-order chi connectivity index (χ1) is 20.2. The number of amides is 2. The summed E-state index contributed by atoms with van der Waals surface area (Å²) in [5.74, 6) is -0.346. The van der Waals surface area contributed by atoms with Crippen molar-refractivity contribution in [3.8, 4) is 5.75 Å². The van der Waals surface area contributed by atoms with Gasteiger partial charge in [-0.25, -0.2) is 0 Å². The summed E-state index contributed by atoms with van der Waals surface area (Å²) in [5, 5.41) is 10.9. The molecule has 0 bridgehead atoms. The predicted octanol–water partition coefficient (Wildman–Crippen LogP) is 5.78. The van der Waals surface area contributed by atoms with E-state index in [-0.39, 0.29) is 30.9 Å². The normalized spacial score (nSPS) is 18.5. The summed E-state index contributed by atoms with van der Waals surface area (Å²) in [6.45, 7) is 7.62. The van der Waals surface area contributed by atoms with Crippen molar-refractivity contribution in [2.75, 3.05) is 45.2 Å². The second-order valence-corrected chi connectivity index (χ2v) is 12.5. The van der Waals surface area contributed by atoms with E-state index in [0.717, 1.165) is 60.6 Å².